The molecule has 0 amide bonds. The third-order valence-electron chi connectivity index (χ3n) is 3.25. The van der Waals surface area contributed by atoms with Gasteiger partial charge < -0.3 is 5.32 Å². The van der Waals surface area contributed by atoms with Gasteiger partial charge in [-0.15, -0.1) is 11.6 Å². The fourth-order valence-electron chi connectivity index (χ4n) is 1.93. The SMILES string of the molecule is Fc1cccc(CNC2(CCl)CCC2)c1Br. The lowest BCUT2D eigenvalue weighted by atomic mass is 9.78. The van der Waals surface area contributed by atoms with Crippen LogP contribution in [0.1, 0.15) is 24.8 Å². The molecule has 1 aliphatic rings. The van der Waals surface area contributed by atoms with Gasteiger partial charge in [-0.2, -0.15) is 0 Å². The Kier molecular flexibility index (Phi) is 3.88. The Labute approximate surface area is 109 Å². The minimum absolute atomic E-state index is 0.0767. The number of rotatable bonds is 4. The summed E-state index contributed by atoms with van der Waals surface area (Å²) in [7, 11) is 0. The van der Waals surface area contributed by atoms with Crippen LogP contribution < -0.4 is 5.32 Å². The molecule has 1 aromatic carbocycles. The Morgan fingerprint density at radius 3 is 2.75 bits per heavy atom. The molecule has 2 rings (SSSR count). The largest absolute Gasteiger partial charge is 0.306 e. The molecule has 0 heterocycles. The third-order valence-corrected chi connectivity index (χ3v) is 4.65. The predicted molar refractivity (Wildman–Crippen MR) is 68.2 cm³/mol. The zero-order valence-electron chi connectivity index (χ0n) is 8.90. The molecule has 0 aromatic heterocycles. The van der Waals surface area contributed by atoms with E-state index < -0.39 is 0 Å². The van der Waals surface area contributed by atoms with Gasteiger partial charge in [-0.25, -0.2) is 4.39 Å². The van der Waals surface area contributed by atoms with Crippen LogP contribution in [0.15, 0.2) is 22.7 Å². The van der Waals surface area contributed by atoms with Crippen molar-refractivity contribution < 1.29 is 4.39 Å². The first-order chi connectivity index (χ1) is 7.67. The van der Waals surface area contributed by atoms with E-state index in [-0.39, 0.29) is 11.4 Å². The van der Waals surface area contributed by atoms with Crippen molar-refractivity contribution >= 4 is 27.5 Å². The summed E-state index contributed by atoms with van der Waals surface area (Å²) in [4.78, 5) is 0. The molecule has 1 fully saturated rings. The topological polar surface area (TPSA) is 12.0 Å². The quantitative estimate of drug-likeness (QED) is 0.834. The molecule has 16 heavy (non-hydrogen) atoms. The van der Waals surface area contributed by atoms with E-state index in [1.165, 1.54) is 12.5 Å². The number of alkyl halides is 1. The van der Waals surface area contributed by atoms with E-state index in [1.54, 1.807) is 6.07 Å². The van der Waals surface area contributed by atoms with Gasteiger partial charge in [0.15, 0.2) is 0 Å². The van der Waals surface area contributed by atoms with Gasteiger partial charge in [-0.1, -0.05) is 12.1 Å². The second-order valence-electron chi connectivity index (χ2n) is 4.33. The number of hydrogen-bond acceptors (Lipinski definition) is 1. The first-order valence-corrected chi connectivity index (χ1v) is 6.73. The van der Waals surface area contributed by atoms with Crippen molar-refractivity contribution in [3.05, 3.63) is 34.1 Å². The van der Waals surface area contributed by atoms with Crippen LogP contribution >= 0.6 is 27.5 Å². The fraction of sp³-hybridized carbons (Fsp3) is 0.500. The lowest BCUT2D eigenvalue weighted by molar-refractivity contribution is 0.211. The van der Waals surface area contributed by atoms with Crippen LogP contribution in [0.5, 0.6) is 0 Å². The van der Waals surface area contributed by atoms with Gasteiger partial charge in [0, 0.05) is 18.0 Å². The molecule has 1 N–H and O–H groups in total. The monoisotopic (exact) mass is 305 g/mol. The molecule has 1 aromatic rings. The molecule has 1 aliphatic carbocycles. The Morgan fingerprint density at radius 2 is 2.19 bits per heavy atom. The minimum Gasteiger partial charge on any atom is -0.306 e. The second kappa shape index (κ2) is 5.03. The number of nitrogens with one attached hydrogen (secondary N) is 1. The molecule has 0 radical (unpaired) electrons. The van der Waals surface area contributed by atoms with Gasteiger partial charge in [0.25, 0.3) is 0 Å². The molecule has 0 aliphatic heterocycles. The highest BCUT2D eigenvalue weighted by Crippen LogP contribution is 2.33. The maximum atomic E-state index is 13.3. The zero-order valence-corrected chi connectivity index (χ0v) is 11.2. The number of benzene rings is 1. The first kappa shape index (κ1) is 12.3. The van der Waals surface area contributed by atoms with Gasteiger partial charge in [-0.3, -0.25) is 0 Å². The first-order valence-electron chi connectivity index (χ1n) is 5.41. The normalized spacial score (nSPS) is 18.2. The van der Waals surface area contributed by atoms with Gasteiger partial charge in [0.05, 0.1) is 4.47 Å². The highest BCUT2D eigenvalue weighted by atomic mass is 79.9. The molecular weight excluding hydrogens is 292 g/mol. The minimum atomic E-state index is -0.215. The summed E-state index contributed by atoms with van der Waals surface area (Å²) < 4.78 is 13.8. The van der Waals surface area contributed by atoms with E-state index in [1.807, 2.05) is 6.07 Å². The van der Waals surface area contributed by atoms with E-state index in [2.05, 4.69) is 21.2 Å². The van der Waals surface area contributed by atoms with E-state index in [0.29, 0.717) is 16.9 Å². The summed E-state index contributed by atoms with van der Waals surface area (Å²) in [6.07, 6.45) is 3.46. The maximum absolute atomic E-state index is 13.3. The Hall–Kier alpha value is -0.120. The standard InChI is InChI=1S/C12H14BrClFN/c13-11-9(3-1-4-10(11)15)7-16-12(8-14)5-2-6-12/h1,3-4,16H,2,5-8H2. The van der Waals surface area contributed by atoms with Gasteiger partial charge in [-0.05, 0) is 46.8 Å². The lowest BCUT2D eigenvalue weighted by Gasteiger charge is -2.41. The van der Waals surface area contributed by atoms with Crippen LogP contribution in [0.4, 0.5) is 4.39 Å². The van der Waals surface area contributed by atoms with Gasteiger partial charge in [0.1, 0.15) is 5.82 Å². The highest BCUT2D eigenvalue weighted by Gasteiger charge is 2.35. The van der Waals surface area contributed by atoms with Crippen molar-refractivity contribution in [3.8, 4) is 0 Å². The molecular formula is C12H14BrClFN. The fourth-order valence-corrected chi connectivity index (χ4v) is 2.70. The molecule has 0 saturated heterocycles. The smallest absolute Gasteiger partial charge is 0.137 e. The predicted octanol–water partition coefficient (Wildman–Crippen LogP) is 3.84. The average Bonchev–Trinajstić information content (AvgIpc) is 2.23. The van der Waals surface area contributed by atoms with Crippen molar-refractivity contribution in [3.63, 3.8) is 0 Å². The van der Waals surface area contributed by atoms with Gasteiger partial charge >= 0.3 is 0 Å². The van der Waals surface area contributed by atoms with E-state index in [9.17, 15) is 4.39 Å². The van der Waals surface area contributed by atoms with Gasteiger partial charge in [0.2, 0.25) is 0 Å². The Bertz CT molecular complexity index is 374. The van der Waals surface area contributed by atoms with Crippen molar-refractivity contribution in [2.45, 2.75) is 31.3 Å². The maximum Gasteiger partial charge on any atom is 0.137 e. The summed E-state index contributed by atoms with van der Waals surface area (Å²) in [5, 5.41) is 3.44. The van der Waals surface area contributed by atoms with E-state index >= 15 is 0 Å². The molecule has 0 atom stereocenters. The summed E-state index contributed by atoms with van der Waals surface area (Å²) in [5.74, 6) is 0.410. The molecule has 0 spiro atoms. The second-order valence-corrected chi connectivity index (χ2v) is 5.39. The van der Waals surface area contributed by atoms with Crippen LogP contribution in [0.3, 0.4) is 0 Å². The van der Waals surface area contributed by atoms with Crippen LogP contribution in [-0.2, 0) is 6.54 Å². The molecule has 88 valence electrons. The average molecular weight is 307 g/mol. The number of halogens is 3. The summed E-state index contributed by atoms with van der Waals surface area (Å²) in [6.45, 7) is 0.658. The summed E-state index contributed by atoms with van der Waals surface area (Å²) in [6, 6.07) is 5.10. The van der Waals surface area contributed by atoms with Crippen molar-refractivity contribution in [2.24, 2.45) is 0 Å². The highest BCUT2D eigenvalue weighted by molar-refractivity contribution is 9.10. The molecule has 1 saturated carbocycles. The number of hydrogen-bond donors (Lipinski definition) is 1. The molecule has 4 heteroatoms. The summed E-state index contributed by atoms with van der Waals surface area (Å²) >= 11 is 9.21. The van der Waals surface area contributed by atoms with Crippen LogP contribution in [0.2, 0.25) is 0 Å². The van der Waals surface area contributed by atoms with Crippen molar-refractivity contribution in [1.82, 2.24) is 5.32 Å². The molecule has 0 bridgehead atoms. The zero-order chi connectivity index (χ0) is 11.6. The van der Waals surface area contributed by atoms with Crippen LogP contribution in [0.25, 0.3) is 0 Å². The van der Waals surface area contributed by atoms with E-state index in [0.717, 1.165) is 18.4 Å². The van der Waals surface area contributed by atoms with Crippen molar-refractivity contribution in [2.75, 3.05) is 5.88 Å². The van der Waals surface area contributed by atoms with E-state index in [4.69, 9.17) is 11.6 Å². The summed E-state index contributed by atoms with van der Waals surface area (Å²) in [5.41, 5.74) is 1.02. The molecule has 0 unspecified atom stereocenters. The van der Waals surface area contributed by atoms with Crippen molar-refractivity contribution in [1.29, 1.82) is 0 Å². The third kappa shape index (κ3) is 2.41. The van der Waals surface area contributed by atoms with Crippen LogP contribution in [0, 0.1) is 5.82 Å². The Balaban J connectivity index is 2.02. The Morgan fingerprint density at radius 1 is 1.44 bits per heavy atom. The van der Waals surface area contributed by atoms with Crippen LogP contribution in [-0.4, -0.2) is 11.4 Å². The lowest BCUT2D eigenvalue weighted by Crippen LogP contribution is -2.52. The molecule has 1 nitrogen and oxygen atoms in total.